The summed E-state index contributed by atoms with van der Waals surface area (Å²) in [5.41, 5.74) is 2.17. The Morgan fingerprint density at radius 1 is 0.909 bits per heavy atom. The predicted molar refractivity (Wildman–Crippen MR) is 78.7 cm³/mol. The molecular weight excluding hydrogens is 291 g/mol. The highest BCUT2D eigenvalue weighted by molar-refractivity contribution is 5.92. The van der Waals surface area contributed by atoms with Gasteiger partial charge in [0.15, 0.2) is 0 Å². The Hall–Kier alpha value is -2.63. The molecule has 0 aliphatic carbocycles. The Kier molecular flexibility index (Phi) is 3.44. The van der Waals surface area contributed by atoms with Gasteiger partial charge in [-0.2, -0.15) is 18.3 Å². The molecule has 1 N–H and O–H groups in total. The first-order valence-corrected chi connectivity index (χ1v) is 6.61. The van der Waals surface area contributed by atoms with Crippen LogP contribution in [0.3, 0.4) is 0 Å². The van der Waals surface area contributed by atoms with Gasteiger partial charge in [0.1, 0.15) is 5.69 Å². The molecule has 1 heterocycles. The molecule has 0 unspecified atom stereocenters. The molecule has 0 spiro atoms. The van der Waals surface area contributed by atoms with Crippen LogP contribution in [0.15, 0.2) is 58.8 Å². The minimum atomic E-state index is -4.34. The van der Waals surface area contributed by atoms with Gasteiger partial charge in [-0.1, -0.05) is 18.2 Å². The maximum absolute atomic E-state index is 12.5. The Bertz CT molecular complexity index is 830. The summed E-state index contributed by atoms with van der Waals surface area (Å²) in [6.07, 6.45) is -4.34. The molecule has 3 nitrogen and oxygen atoms in total. The molecule has 0 fully saturated rings. The number of rotatable bonds is 2. The van der Waals surface area contributed by atoms with Crippen molar-refractivity contribution < 1.29 is 13.2 Å². The summed E-state index contributed by atoms with van der Waals surface area (Å²) in [6, 6.07) is 12.3. The van der Waals surface area contributed by atoms with Gasteiger partial charge in [-0.05, 0) is 37.3 Å². The first-order valence-electron chi connectivity index (χ1n) is 6.61. The number of azo groups is 1. The van der Waals surface area contributed by atoms with E-state index in [0.717, 1.165) is 28.7 Å². The summed E-state index contributed by atoms with van der Waals surface area (Å²) in [5.74, 6) is 0. The van der Waals surface area contributed by atoms with Gasteiger partial charge in [-0.15, -0.1) is 5.11 Å². The smallest absolute Gasteiger partial charge is 0.357 e. The van der Waals surface area contributed by atoms with Gasteiger partial charge in [-0.25, -0.2) is 0 Å². The molecule has 6 heteroatoms. The van der Waals surface area contributed by atoms with Crippen molar-refractivity contribution in [1.29, 1.82) is 0 Å². The van der Waals surface area contributed by atoms with Gasteiger partial charge in [-0.3, -0.25) is 0 Å². The number of alkyl halides is 3. The van der Waals surface area contributed by atoms with Crippen molar-refractivity contribution in [3.05, 3.63) is 59.8 Å². The van der Waals surface area contributed by atoms with E-state index in [0.29, 0.717) is 11.4 Å². The van der Waals surface area contributed by atoms with Crippen LogP contribution in [0.25, 0.3) is 10.9 Å². The average Bonchev–Trinajstić information content (AvgIpc) is 2.80. The number of para-hydroxylation sites is 1. The van der Waals surface area contributed by atoms with Gasteiger partial charge in [0.2, 0.25) is 0 Å². The van der Waals surface area contributed by atoms with Crippen molar-refractivity contribution in [2.75, 3.05) is 0 Å². The van der Waals surface area contributed by atoms with E-state index in [1.807, 2.05) is 31.2 Å². The van der Waals surface area contributed by atoms with E-state index in [9.17, 15) is 13.2 Å². The Balaban J connectivity index is 1.91. The zero-order valence-corrected chi connectivity index (χ0v) is 11.6. The molecule has 0 amide bonds. The van der Waals surface area contributed by atoms with E-state index in [1.54, 1.807) is 0 Å². The predicted octanol–water partition coefficient (Wildman–Crippen LogP) is 5.91. The number of hydrogen-bond acceptors (Lipinski definition) is 2. The number of benzene rings is 2. The fraction of sp³-hybridized carbons (Fsp3) is 0.125. The van der Waals surface area contributed by atoms with Gasteiger partial charge in [0.25, 0.3) is 0 Å². The summed E-state index contributed by atoms with van der Waals surface area (Å²) in [7, 11) is 0. The minimum Gasteiger partial charge on any atom is -0.357 e. The third-order valence-corrected chi connectivity index (χ3v) is 3.32. The van der Waals surface area contributed by atoms with Crippen molar-refractivity contribution in [3.8, 4) is 0 Å². The van der Waals surface area contributed by atoms with E-state index in [-0.39, 0.29) is 0 Å². The molecule has 22 heavy (non-hydrogen) atoms. The van der Waals surface area contributed by atoms with Crippen LogP contribution < -0.4 is 0 Å². The van der Waals surface area contributed by atoms with E-state index in [1.165, 1.54) is 12.1 Å². The van der Waals surface area contributed by atoms with Gasteiger partial charge >= 0.3 is 6.18 Å². The summed E-state index contributed by atoms with van der Waals surface area (Å²) in [5, 5.41) is 9.12. The largest absolute Gasteiger partial charge is 0.416 e. The summed E-state index contributed by atoms with van der Waals surface area (Å²) < 4.78 is 37.5. The van der Waals surface area contributed by atoms with Crippen LogP contribution in [-0.2, 0) is 6.18 Å². The zero-order chi connectivity index (χ0) is 15.7. The lowest BCUT2D eigenvalue weighted by molar-refractivity contribution is -0.137. The first-order chi connectivity index (χ1) is 10.4. The maximum atomic E-state index is 12.5. The quantitative estimate of drug-likeness (QED) is 0.572. The summed E-state index contributed by atoms with van der Waals surface area (Å²) >= 11 is 0. The molecule has 112 valence electrons. The SMILES string of the molecule is Cc1[nH]c2ccccc2c1N=Nc1ccc(C(F)(F)F)cc1. The molecule has 2 aromatic carbocycles. The molecule has 3 rings (SSSR count). The molecule has 0 radical (unpaired) electrons. The molecule has 1 aromatic heterocycles. The minimum absolute atomic E-state index is 0.373. The third-order valence-electron chi connectivity index (χ3n) is 3.32. The Morgan fingerprint density at radius 2 is 1.59 bits per heavy atom. The van der Waals surface area contributed by atoms with Gasteiger partial charge in [0, 0.05) is 16.6 Å². The molecule has 0 atom stereocenters. The maximum Gasteiger partial charge on any atom is 0.416 e. The van der Waals surface area contributed by atoms with E-state index >= 15 is 0 Å². The number of hydrogen-bond donors (Lipinski definition) is 1. The van der Waals surface area contributed by atoms with Crippen molar-refractivity contribution in [2.45, 2.75) is 13.1 Å². The number of fused-ring (bicyclic) bond motifs is 1. The number of nitrogens with zero attached hydrogens (tertiary/aromatic N) is 2. The molecule has 0 aliphatic heterocycles. The topological polar surface area (TPSA) is 40.5 Å². The highest BCUT2D eigenvalue weighted by Crippen LogP contribution is 2.33. The van der Waals surface area contributed by atoms with Crippen LogP contribution >= 0.6 is 0 Å². The first kappa shape index (κ1) is 14.3. The fourth-order valence-corrected chi connectivity index (χ4v) is 2.22. The number of nitrogens with one attached hydrogen (secondary N) is 1. The second-order valence-corrected chi connectivity index (χ2v) is 4.89. The van der Waals surface area contributed by atoms with Crippen LogP contribution in [0.5, 0.6) is 0 Å². The van der Waals surface area contributed by atoms with E-state index < -0.39 is 11.7 Å². The molecule has 0 saturated heterocycles. The zero-order valence-electron chi connectivity index (χ0n) is 11.6. The lowest BCUT2D eigenvalue weighted by atomic mass is 10.2. The number of aryl methyl sites for hydroxylation is 1. The highest BCUT2D eigenvalue weighted by Gasteiger charge is 2.29. The molecular formula is C16H12F3N3. The summed E-state index contributed by atoms with van der Waals surface area (Å²) in [6.45, 7) is 1.88. The Morgan fingerprint density at radius 3 is 2.27 bits per heavy atom. The number of halogens is 3. The van der Waals surface area contributed by atoms with Crippen molar-refractivity contribution >= 4 is 22.3 Å². The van der Waals surface area contributed by atoms with Crippen LogP contribution in [0.4, 0.5) is 24.5 Å². The number of H-pyrrole nitrogens is 1. The second kappa shape index (κ2) is 5.29. The van der Waals surface area contributed by atoms with Crippen LogP contribution in [0, 0.1) is 6.92 Å². The second-order valence-electron chi connectivity index (χ2n) is 4.89. The molecule has 0 saturated carbocycles. The lowest BCUT2D eigenvalue weighted by Gasteiger charge is -2.05. The lowest BCUT2D eigenvalue weighted by Crippen LogP contribution is -2.03. The van der Waals surface area contributed by atoms with E-state index in [4.69, 9.17) is 0 Å². The van der Waals surface area contributed by atoms with Crippen LogP contribution in [0.1, 0.15) is 11.3 Å². The van der Waals surface area contributed by atoms with Crippen LogP contribution in [0.2, 0.25) is 0 Å². The van der Waals surface area contributed by atoms with Crippen LogP contribution in [-0.4, -0.2) is 4.98 Å². The standard InChI is InChI=1S/C16H12F3N3/c1-10-15(13-4-2-3-5-14(13)20-10)22-21-12-8-6-11(7-9-12)16(17,18)19/h2-9,20H,1H3. The third kappa shape index (κ3) is 2.72. The fourth-order valence-electron chi connectivity index (χ4n) is 2.22. The van der Waals surface area contributed by atoms with Crippen molar-refractivity contribution in [2.24, 2.45) is 10.2 Å². The van der Waals surface area contributed by atoms with Crippen molar-refractivity contribution in [3.63, 3.8) is 0 Å². The number of aromatic nitrogens is 1. The number of aromatic amines is 1. The Labute approximate surface area is 124 Å². The summed E-state index contributed by atoms with van der Waals surface area (Å²) in [4.78, 5) is 3.19. The van der Waals surface area contributed by atoms with Gasteiger partial charge in [0.05, 0.1) is 11.3 Å². The highest BCUT2D eigenvalue weighted by atomic mass is 19.4. The average molecular weight is 303 g/mol. The monoisotopic (exact) mass is 303 g/mol. The molecule has 3 aromatic rings. The molecule has 0 aliphatic rings. The normalized spacial score (nSPS) is 12.4. The van der Waals surface area contributed by atoms with Gasteiger partial charge < -0.3 is 4.98 Å². The van der Waals surface area contributed by atoms with Crippen molar-refractivity contribution in [1.82, 2.24) is 4.98 Å². The molecule has 0 bridgehead atoms. The van der Waals surface area contributed by atoms with E-state index in [2.05, 4.69) is 15.2 Å².